The van der Waals surface area contributed by atoms with Crippen molar-refractivity contribution in [3.8, 4) is 40.1 Å². The Kier molecular flexibility index (Phi) is 8.17. The minimum absolute atomic E-state index is 0.0828. The number of hydrogen-bond acceptors (Lipinski definition) is 16. The molecule has 2 fully saturated rings. The van der Waals surface area contributed by atoms with Crippen LogP contribution in [-0.2, 0) is 9.47 Å². The quantitative estimate of drug-likeness (QED) is 0.136. The van der Waals surface area contributed by atoms with Crippen LogP contribution in [0.1, 0.15) is 0 Å². The Balaban J connectivity index is 1.66. The second-order valence-corrected chi connectivity index (χ2v) is 9.72. The van der Waals surface area contributed by atoms with Gasteiger partial charge in [0, 0.05) is 11.6 Å². The Bertz CT molecular complexity index is 1490. The molecule has 5 rings (SSSR count). The Hall–Kier alpha value is -3.71. The molecule has 2 aliphatic rings. The lowest BCUT2D eigenvalue weighted by Gasteiger charge is -2.39. The van der Waals surface area contributed by atoms with Crippen molar-refractivity contribution in [3.05, 3.63) is 40.6 Å². The SMILES string of the molecule is O=c1cc(-c2ccc(O)cc2)oc2c(O[C@@H]3O[C@@H](CO)[C@H](O)[C@H]3O)c(O)c(O[C@@H]3O[C@H](CO)[C@@H](O)[C@H](O)[C@H]3O)c(O)c12. The number of hydrogen-bond donors (Lipinski definition) is 10. The highest BCUT2D eigenvalue weighted by Crippen LogP contribution is 2.51. The molecule has 228 valence electrons. The first-order valence-corrected chi connectivity index (χ1v) is 12.6. The largest absolute Gasteiger partial charge is 0.508 e. The molecule has 3 aromatic rings. The lowest BCUT2D eigenvalue weighted by molar-refractivity contribution is -0.277. The van der Waals surface area contributed by atoms with Crippen LogP contribution in [0.25, 0.3) is 22.3 Å². The van der Waals surface area contributed by atoms with E-state index in [9.17, 15) is 55.9 Å². The number of ether oxygens (including phenoxy) is 4. The van der Waals surface area contributed by atoms with Gasteiger partial charge in [0.1, 0.15) is 59.6 Å². The van der Waals surface area contributed by atoms with Gasteiger partial charge in [-0.15, -0.1) is 0 Å². The van der Waals surface area contributed by atoms with Gasteiger partial charge in [-0.25, -0.2) is 0 Å². The van der Waals surface area contributed by atoms with E-state index >= 15 is 0 Å². The average molecular weight is 596 g/mol. The number of rotatable bonds is 7. The van der Waals surface area contributed by atoms with Crippen molar-refractivity contribution in [2.24, 2.45) is 0 Å². The van der Waals surface area contributed by atoms with Gasteiger partial charge < -0.3 is 74.4 Å². The molecule has 0 amide bonds. The van der Waals surface area contributed by atoms with E-state index in [1.54, 1.807) is 0 Å². The van der Waals surface area contributed by atoms with E-state index in [0.717, 1.165) is 6.07 Å². The molecule has 0 aliphatic carbocycles. The lowest BCUT2D eigenvalue weighted by atomic mass is 9.99. The Morgan fingerprint density at radius 3 is 1.79 bits per heavy atom. The fourth-order valence-electron chi connectivity index (χ4n) is 4.66. The van der Waals surface area contributed by atoms with Gasteiger partial charge in [-0.05, 0) is 24.3 Å². The van der Waals surface area contributed by atoms with Gasteiger partial charge in [0.15, 0.2) is 16.8 Å². The van der Waals surface area contributed by atoms with E-state index in [-0.39, 0.29) is 17.1 Å². The van der Waals surface area contributed by atoms with Crippen molar-refractivity contribution in [1.82, 2.24) is 0 Å². The van der Waals surface area contributed by atoms with Crippen LogP contribution in [-0.4, -0.2) is 120 Å². The molecule has 42 heavy (non-hydrogen) atoms. The summed E-state index contributed by atoms with van der Waals surface area (Å²) in [6.07, 6.45) is -15.4. The van der Waals surface area contributed by atoms with Crippen LogP contribution in [0.4, 0.5) is 0 Å². The maximum absolute atomic E-state index is 13.3. The molecular formula is C26H28O16. The molecule has 16 nitrogen and oxygen atoms in total. The minimum atomic E-state index is -1.98. The van der Waals surface area contributed by atoms with Crippen LogP contribution in [0.3, 0.4) is 0 Å². The molecule has 2 aliphatic heterocycles. The van der Waals surface area contributed by atoms with E-state index < -0.39 is 108 Å². The van der Waals surface area contributed by atoms with Gasteiger partial charge >= 0.3 is 0 Å². The molecule has 2 aromatic carbocycles. The standard InChI is InChI=1S/C26H28O16/c27-6-12-15(31)18(34)20(36)26(39-12)41-23-17(33)14-10(30)5-11(8-1-3-9(29)4-2-8)38-22(14)24(21(23)37)42-25-19(35)16(32)13(7-28)40-25/h1-5,12-13,15-16,18-20,25-29,31-37H,6-7H2/t12-,13+,15-,16+,18+,19-,20-,25+,26+/m1/s1. The number of benzene rings is 2. The highest BCUT2D eigenvalue weighted by molar-refractivity contribution is 5.95. The van der Waals surface area contributed by atoms with Crippen molar-refractivity contribution < 1.29 is 74.4 Å². The molecule has 16 heteroatoms. The van der Waals surface area contributed by atoms with Crippen LogP contribution in [0.15, 0.2) is 39.5 Å². The van der Waals surface area contributed by atoms with Gasteiger partial charge in [0.25, 0.3) is 0 Å². The van der Waals surface area contributed by atoms with E-state index in [0.29, 0.717) is 0 Å². The molecule has 10 N–H and O–H groups in total. The number of aliphatic hydroxyl groups excluding tert-OH is 7. The highest BCUT2D eigenvalue weighted by atomic mass is 16.7. The van der Waals surface area contributed by atoms with Gasteiger partial charge in [0.2, 0.25) is 29.8 Å². The van der Waals surface area contributed by atoms with Crippen LogP contribution in [0.5, 0.6) is 28.7 Å². The summed E-state index contributed by atoms with van der Waals surface area (Å²) in [4.78, 5) is 13.3. The first-order valence-electron chi connectivity index (χ1n) is 12.6. The number of fused-ring (bicyclic) bond motifs is 1. The normalized spacial score (nSPS) is 31.4. The summed E-state index contributed by atoms with van der Waals surface area (Å²) in [7, 11) is 0. The molecule has 1 aromatic heterocycles. The van der Waals surface area contributed by atoms with E-state index in [1.807, 2.05) is 0 Å². The molecule has 0 bridgehead atoms. The molecule has 2 saturated heterocycles. The van der Waals surface area contributed by atoms with Crippen molar-refractivity contribution in [2.45, 2.75) is 55.3 Å². The third-order valence-electron chi connectivity index (χ3n) is 7.00. The summed E-state index contributed by atoms with van der Waals surface area (Å²) in [5.41, 5.74) is -1.20. The third-order valence-corrected chi connectivity index (χ3v) is 7.00. The fourth-order valence-corrected chi connectivity index (χ4v) is 4.66. The number of aliphatic hydroxyl groups is 7. The van der Waals surface area contributed by atoms with E-state index in [4.69, 9.17) is 23.4 Å². The third kappa shape index (κ3) is 5.08. The van der Waals surface area contributed by atoms with Gasteiger partial charge in [-0.3, -0.25) is 4.79 Å². The summed E-state index contributed by atoms with van der Waals surface area (Å²) < 4.78 is 27.4. The summed E-state index contributed by atoms with van der Waals surface area (Å²) >= 11 is 0. The van der Waals surface area contributed by atoms with Crippen LogP contribution in [0, 0.1) is 0 Å². The van der Waals surface area contributed by atoms with Crippen molar-refractivity contribution in [1.29, 1.82) is 0 Å². The molecular weight excluding hydrogens is 568 g/mol. The Morgan fingerprint density at radius 2 is 1.21 bits per heavy atom. The summed E-state index contributed by atoms with van der Waals surface area (Å²) in [5, 5.41) is 101. The zero-order valence-electron chi connectivity index (χ0n) is 21.4. The minimum Gasteiger partial charge on any atom is -0.508 e. The van der Waals surface area contributed by atoms with Gasteiger partial charge in [-0.1, -0.05) is 0 Å². The van der Waals surface area contributed by atoms with E-state index in [2.05, 4.69) is 0 Å². The second kappa shape index (κ2) is 11.5. The zero-order chi connectivity index (χ0) is 30.5. The first-order chi connectivity index (χ1) is 20.0. The van der Waals surface area contributed by atoms with Crippen molar-refractivity contribution in [2.75, 3.05) is 13.2 Å². The Morgan fingerprint density at radius 1 is 0.690 bits per heavy atom. The summed E-state index contributed by atoms with van der Waals surface area (Å²) in [5.74, 6) is -3.99. The van der Waals surface area contributed by atoms with Crippen molar-refractivity contribution in [3.63, 3.8) is 0 Å². The maximum atomic E-state index is 13.3. The second-order valence-electron chi connectivity index (χ2n) is 9.72. The summed E-state index contributed by atoms with van der Waals surface area (Å²) in [6.45, 7) is -1.53. The Labute approximate surface area is 235 Å². The molecule has 0 saturated carbocycles. The smallest absolute Gasteiger partial charge is 0.229 e. The average Bonchev–Trinajstić information content (AvgIpc) is 3.25. The van der Waals surface area contributed by atoms with Crippen LogP contribution < -0.4 is 14.9 Å². The predicted octanol–water partition coefficient (Wildman–Crippen LogP) is -2.43. The fraction of sp³-hybridized carbons (Fsp3) is 0.423. The summed E-state index contributed by atoms with van der Waals surface area (Å²) in [6, 6.07) is 6.40. The number of phenolic OH excluding ortho intramolecular Hbond substituents is 3. The van der Waals surface area contributed by atoms with Crippen LogP contribution >= 0.6 is 0 Å². The molecule has 9 atom stereocenters. The van der Waals surface area contributed by atoms with Crippen LogP contribution in [0.2, 0.25) is 0 Å². The maximum Gasteiger partial charge on any atom is 0.229 e. The number of phenols is 3. The molecule has 0 radical (unpaired) electrons. The monoisotopic (exact) mass is 596 g/mol. The lowest BCUT2D eigenvalue weighted by Crippen LogP contribution is -2.60. The molecule has 3 heterocycles. The zero-order valence-corrected chi connectivity index (χ0v) is 21.4. The van der Waals surface area contributed by atoms with Gasteiger partial charge in [-0.2, -0.15) is 0 Å². The first kappa shape index (κ1) is 29.8. The molecule has 0 unspecified atom stereocenters. The van der Waals surface area contributed by atoms with Gasteiger partial charge in [0.05, 0.1) is 13.2 Å². The van der Waals surface area contributed by atoms with Crippen molar-refractivity contribution >= 4 is 11.0 Å². The van der Waals surface area contributed by atoms with E-state index in [1.165, 1.54) is 24.3 Å². The highest BCUT2D eigenvalue weighted by Gasteiger charge is 2.47. The number of aromatic hydroxyl groups is 3. The predicted molar refractivity (Wildman–Crippen MR) is 136 cm³/mol. The molecule has 0 spiro atoms. The topological polar surface area (TPSA) is 269 Å².